The van der Waals surface area contributed by atoms with Gasteiger partial charge in [-0.05, 0) is 18.2 Å². The average Bonchev–Trinajstić information content (AvgIpc) is 2.28. The van der Waals surface area contributed by atoms with Gasteiger partial charge in [0.25, 0.3) is 5.91 Å². The fourth-order valence-electron chi connectivity index (χ4n) is 1.05. The minimum absolute atomic E-state index is 0.233. The summed E-state index contributed by atoms with van der Waals surface area (Å²) < 4.78 is 0. The van der Waals surface area contributed by atoms with Gasteiger partial charge in [-0.1, -0.05) is 11.6 Å². The van der Waals surface area contributed by atoms with Crippen molar-refractivity contribution >= 4 is 29.2 Å². The number of halogens is 1. The van der Waals surface area contributed by atoms with Gasteiger partial charge in [0.05, 0.1) is 17.3 Å². The van der Waals surface area contributed by atoms with Gasteiger partial charge >= 0.3 is 5.97 Å². The molecule has 6 nitrogen and oxygen atoms in total. The summed E-state index contributed by atoms with van der Waals surface area (Å²) in [5.74, 6) is -1.94. The minimum Gasteiger partial charge on any atom is -0.479 e. The van der Waals surface area contributed by atoms with Crippen LogP contribution < -0.4 is 11.1 Å². The maximum absolute atomic E-state index is 11.5. The van der Waals surface area contributed by atoms with Crippen molar-refractivity contribution in [3.8, 4) is 0 Å². The summed E-state index contributed by atoms with van der Waals surface area (Å²) in [7, 11) is 0. The molecule has 0 fully saturated rings. The van der Waals surface area contributed by atoms with Gasteiger partial charge in [-0.15, -0.1) is 0 Å². The molecule has 1 unspecified atom stereocenters. The zero-order valence-electron chi connectivity index (χ0n) is 8.68. The molecule has 0 bridgehead atoms. The second-order valence-electron chi connectivity index (χ2n) is 3.30. The Balaban J connectivity index is 2.64. The number of aliphatic carboxylic acids is 1. The fraction of sp³-hybridized carbons (Fsp3) is 0.200. The van der Waals surface area contributed by atoms with Crippen molar-refractivity contribution in [2.75, 3.05) is 12.3 Å². The number of carbonyl (C=O) groups excluding carboxylic acids is 1. The molecule has 0 aliphatic carbocycles. The normalized spacial score (nSPS) is 11.9. The molecular weight excluding hydrogens is 248 g/mol. The molecule has 0 saturated heterocycles. The first-order valence-electron chi connectivity index (χ1n) is 4.66. The zero-order valence-corrected chi connectivity index (χ0v) is 9.44. The number of anilines is 1. The van der Waals surface area contributed by atoms with E-state index in [4.69, 9.17) is 27.5 Å². The highest BCUT2D eigenvalue weighted by molar-refractivity contribution is 6.33. The standard InChI is InChI=1S/C10H11ClN2O4/c11-6-3-5(1-2-7(6)12)9(15)13-4-8(14)10(16)17/h1-3,8,14H,4,12H2,(H,13,15)(H,16,17). The van der Waals surface area contributed by atoms with E-state index in [2.05, 4.69) is 5.32 Å². The van der Waals surface area contributed by atoms with Gasteiger partial charge in [0.15, 0.2) is 6.10 Å². The molecule has 1 amide bonds. The minimum atomic E-state index is -1.64. The molecule has 0 radical (unpaired) electrons. The van der Waals surface area contributed by atoms with Crippen LogP contribution in [0.1, 0.15) is 10.4 Å². The van der Waals surface area contributed by atoms with Gasteiger partial charge in [0.2, 0.25) is 0 Å². The lowest BCUT2D eigenvalue weighted by Gasteiger charge is -2.08. The first kappa shape index (κ1) is 13.3. The van der Waals surface area contributed by atoms with E-state index < -0.39 is 18.0 Å². The first-order chi connectivity index (χ1) is 7.91. The Morgan fingerprint density at radius 1 is 1.47 bits per heavy atom. The number of carboxylic acid groups (broad SMARTS) is 1. The van der Waals surface area contributed by atoms with E-state index in [1.165, 1.54) is 18.2 Å². The third-order valence-electron chi connectivity index (χ3n) is 2.00. The summed E-state index contributed by atoms with van der Waals surface area (Å²) in [6.07, 6.45) is -1.64. The number of nitrogens with one attached hydrogen (secondary N) is 1. The molecule has 0 saturated carbocycles. The predicted octanol–water partition coefficient (Wildman–Crippen LogP) is 0.0975. The van der Waals surface area contributed by atoms with Crippen LogP contribution in [0.3, 0.4) is 0 Å². The summed E-state index contributed by atoms with van der Waals surface area (Å²) in [6.45, 7) is -0.379. The number of amides is 1. The number of aliphatic hydroxyl groups is 1. The molecule has 1 atom stereocenters. The molecule has 0 aromatic heterocycles. The summed E-state index contributed by atoms with van der Waals surface area (Å²) in [4.78, 5) is 21.8. The van der Waals surface area contributed by atoms with Crippen LogP contribution in [0.25, 0.3) is 0 Å². The molecule has 92 valence electrons. The topological polar surface area (TPSA) is 113 Å². The number of rotatable bonds is 4. The Morgan fingerprint density at radius 3 is 2.65 bits per heavy atom. The molecule has 0 aliphatic heterocycles. The van der Waals surface area contributed by atoms with Crippen LogP contribution in [0, 0.1) is 0 Å². The Hall–Kier alpha value is -1.79. The second kappa shape index (κ2) is 5.51. The summed E-state index contributed by atoms with van der Waals surface area (Å²) in [5.41, 5.74) is 6.05. The Labute approximate surface area is 102 Å². The van der Waals surface area contributed by atoms with E-state index in [0.29, 0.717) is 5.69 Å². The van der Waals surface area contributed by atoms with E-state index in [1.54, 1.807) is 0 Å². The number of carboxylic acids is 1. The van der Waals surface area contributed by atoms with E-state index in [9.17, 15) is 9.59 Å². The predicted molar refractivity (Wildman–Crippen MR) is 61.8 cm³/mol. The molecule has 0 aliphatic rings. The number of nitrogens with two attached hydrogens (primary N) is 1. The monoisotopic (exact) mass is 258 g/mol. The fourth-order valence-corrected chi connectivity index (χ4v) is 1.23. The number of hydrogen-bond donors (Lipinski definition) is 4. The zero-order chi connectivity index (χ0) is 13.0. The van der Waals surface area contributed by atoms with E-state index in [-0.39, 0.29) is 17.1 Å². The van der Waals surface area contributed by atoms with E-state index in [0.717, 1.165) is 0 Å². The third kappa shape index (κ3) is 3.61. The third-order valence-corrected chi connectivity index (χ3v) is 2.33. The maximum Gasteiger partial charge on any atom is 0.334 e. The van der Waals surface area contributed by atoms with Gasteiger partial charge in [0, 0.05) is 5.56 Å². The quantitative estimate of drug-likeness (QED) is 0.572. The van der Waals surface area contributed by atoms with Crippen molar-refractivity contribution in [2.45, 2.75) is 6.10 Å². The van der Waals surface area contributed by atoms with Gasteiger partial charge in [-0.2, -0.15) is 0 Å². The summed E-state index contributed by atoms with van der Waals surface area (Å²) in [6, 6.07) is 4.27. The summed E-state index contributed by atoms with van der Waals surface area (Å²) in [5, 5.41) is 19.9. The van der Waals surface area contributed by atoms with Crippen molar-refractivity contribution in [3.63, 3.8) is 0 Å². The van der Waals surface area contributed by atoms with Crippen molar-refractivity contribution in [1.82, 2.24) is 5.32 Å². The Kier molecular flexibility index (Phi) is 4.30. The highest BCUT2D eigenvalue weighted by Crippen LogP contribution is 2.19. The SMILES string of the molecule is Nc1ccc(C(=O)NCC(O)C(=O)O)cc1Cl. The van der Waals surface area contributed by atoms with Gasteiger partial charge in [-0.25, -0.2) is 4.79 Å². The van der Waals surface area contributed by atoms with E-state index in [1.807, 2.05) is 0 Å². The summed E-state index contributed by atoms with van der Waals surface area (Å²) >= 11 is 5.72. The molecule has 0 spiro atoms. The number of carbonyl (C=O) groups is 2. The molecule has 7 heteroatoms. The van der Waals surface area contributed by atoms with Crippen molar-refractivity contribution in [2.24, 2.45) is 0 Å². The number of benzene rings is 1. The highest BCUT2D eigenvalue weighted by Gasteiger charge is 2.15. The number of hydrogen-bond acceptors (Lipinski definition) is 4. The largest absolute Gasteiger partial charge is 0.479 e. The van der Waals surface area contributed by atoms with Crippen LogP contribution in [0.2, 0.25) is 5.02 Å². The Bertz CT molecular complexity index is 450. The molecule has 1 aromatic carbocycles. The molecule has 0 heterocycles. The maximum atomic E-state index is 11.5. The highest BCUT2D eigenvalue weighted by atomic mass is 35.5. The van der Waals surface area contributed by atoms with Crippen molar-refractivity contribution < 1.29 is 19.8 Å². The second-order valence-corrected chi connectivity index (χ2v) is 3.71. The smallest absolute Gasteiger partial charge is 0.334 e. The molecular formula is C10H11ClN2O4. The first-order valence-corrected chi connectivity index (χ1v) is 5.03. The molecule has 1 rings (SSSR count). The lowest BCUT2D eigenvalue weighted by atomic mass is 10.2. The lowest BCUT2D eigenvalue weighted by molar-refractivity contribution is -0.146. The van der Waals surface area contributed by atoms with Crippen LogP contribution in [-0.4, -0.2) is 34.7 Å². The van der Waals surface area contributed by atoms with Crippen LogP contribution in [0.4, 0.5) is 5.69 Å². The van der Waals surface area contributed by atoms with Gasteiger partial charge < -0.3 is 21.3 Å². The van der Waals surface area contributed by atoms with Crippen molar-refractivity contribution in [1.29, 1.82) is 0 Å². The molecule has 1 aromatic rings. The molecule has 5 N–H and O–H groups in total. The Morgan fingerprint density at radius 2 is 2.12 bits per heavy atom. The van der Waals surface area contributed by atoms with Crippen LogP contribution in [0.5, 0.6) is 0 Å². The van der Waals surface area contributed by atoms with Crippen molar-refractivity contribution in [3.05, 3.63) is 28.8 Å². The van der Waals surface area contributed by atoms with Gasteiger partial charge in [-0.3, -0.25) is 4.79 Å². The molecule has 17 heavy (non-hydrogen) atoms. The van der Waals surface area contributed by atoms with E-state index >= 15 is 0 Å². The number of nitrogen functional groups attached to an aromatic ring is 1. The lowest BCUT2D eigenvalue weighted by Crippen LogP contribution is -2.36. The number of aliphatic hydroxyl groups excluding tert-OH is 1. The van der Waals surface area contributed by atoms with Gasteiger partial charge in [0.1, 0.15) is 0 Å². The van der Waals surface area contributed by atoms with Crippen LogP contribution in [-0.2, 0) is 4.79 Å². The van der Waals surface area contributed by atoms with Crippen LogP contribution in [0.15, 0.2) is 18.2 Å². The van der Waals surface area contributed by atoms with Crippen LogP contribution >= 0.6 is 11.6 Å². The average molecular weight is 259 g/mol.